The van der Waals surface area contributed by atoms with Gasteiger partial charge in [0.15, 0.2) is 0 Å². The molecule has 1 saturated heterocycles. The molecule has 0 N–H and O–H groups in total. The van der Waals surface area contributed by atoms with Gasteiger partial charge in [0.25, 0.3) is 11.8 Å². The van der Waals surface area contributed by atoms with Gasteiger partial charge >= 0.3 is 12.1 Å². The lowest BCUT2D eigenvalue weighted by Gasteiger charge is -2.49. The molecular weight excluding hydrogens is 376 g/mol. The predicted molar refractivity (Wildman–Crippen MR) is 101 cm³/mol. The van der Waals surface area contributed by atoms with Gasteiger partial charge in [-0.2, -0.15) is 0 Å². The van der Waals surface area contributed by atoms with Crippen LogP contribution in [0.1, 0.15) is 67.2 Å². The molecule has 8 nitrogen and oxygen atoms in total. The van der Waals surface area contributed by atoms with Crippen LogP contribution in [0.25, 0.3) is 0 Å². The average molecular weight is 400 g/mol. The molecule has 3 amide bonds. The third kappa shape index (κ3) is 3.26. The fourth-order valence-electron chi connectivity index (χ4n) is 4.40. The van der Waals surface area contributed by atoms with E-state index in [1.165, 1.54) is 12.1 Å². The first-order valence-electron chi connectivity index (χ1n) is 9.82. The molecule has 29 heavy (non-hydrogen) atoms. The van der Waals surface area contributed by atoms with E-state index in [9.17, 15) is 19.2 Å². The Labute approximate surface area is 168 Å². The topological polar surface area (TPSA) is 93.2 Å². The zero-order valence-corrected chi connectivity index (χ0v) is 16.8. The summed E-state index contributed by atoms with van der Waals surface area (Å²) in [5.74, 6) is -2.36. The van der Waals surface area contributed by atoms with Crippen LogP contribution in [0.3, 0.4) is 0 Å². The minimum Gasteiger partial charge on any atom is -0.444 e. The Bertz CT molecular complexity index is 862. The molecule has 2 fully saturated rings. The Kier molecular flexibility index (Phi) is 4.40. The lowest BCUT2D eigenvalue weighted by atomic mass is 9.67. The number of hydrogen-bond acceptors (Lipinski definition) is 6. The fraction of sp³-hybridized carbons (Fsp3) is 0.524. The maximum atomic E-state index is 12.6. The second kappa shape index (κ2) is 6.57. The minimum atomic E-state index is -0.635. The number of amides is 3. The Morgan fingerprint density at radius 3 is 2.21 bits per heavy atom. The average Bonchev–Trinajstić information content (AvgIpc) is 3.16. The number of ether oxygens (including phenoxy) is 1. The molecule has 0 atom stereocenters. The lowest BCUT2D eigenvalue weighted by Crippen LogP contribution is -2.58. The summed E-state index contributed by atoms with van der Waals surface area (Å²) in [6, 6.07) is 6.35. The van der Waals surface area contributed by atoms with Crippen LogP contribution in [0.2, 0.25) is 0 Å². The first-order chi connectivity index (χ1) is 13.6. The van der Waals surface area contributed by atoms with E-state index in [-0.39, 0.29) is 17.2 Å². The first-order valence-corrected chi connectivity index (χ1v) is 9.82. The summed E-state index contributed by atoms with van der Waals surface area (Å²) in [6.45, 7) is 6.04. The highest BCUT2D eigenvalue weighted by Gasteiger charge is 2.57. The fourth-order valence-corrected chi connectivity index (χ4v) is 4.40. The van der Waals surface area contributed by atoms with Gasteiger partial charge in [-0.1, -0.05) is 17.2 Å². The van der Waals surface area contributed by atoms with Crippen LogP contribution >= 0.6 is 0 Å². The number of hydroxylamine groups is 2. The zero-order valence-electron chi connectivity index (χ0n) is 16.8. The number of imide groups is 1. The number of likely N-dealkylation sites (tertiary alicyclic amines) is 1. The van der Waals surface area contributed by atoms with Crippen molar-refractivity contribution in [3.05, 3.63) is 35.4 Å². The normalized spacial score (nSPS) is 25.8. The van der Waals surface area contributed by atoms with E-state index < -0.39 is 34.8 Å². The smallest absolute Gasteiger partial charge is 0.410 e. The van der Waals surface area contributed by atoms with E-state index in [1.807, 2.05) is 20.8 Å². The highest BCUT2D eigenvalue weighted by Crippen LogP contribution is 2.50. The summed E-state index contributed by atoms with van der Waals surface area (Å²) in [5.41, 5.74) is -0.549. The predicted octanol–water partition coefficient (Wildman–Crippen LogP) is 2.92. The van der Waals surface area contributed by atoms with Gasteiger partial charge in [0.2, 0.25) is 0 Å². The second-order valence-electron chi connectivity index (χ2n) is 8.93. The maximum absolute atomic E-state index is 12.6. The van der Waals surface area contributed by atoms with Crippen LogP contribution in [0.5, 0.6) is 0 Å². The molecule has 3 aliphatic rings. The highest BCUT2D eigenvalue weighted by atomic mass is 16.7. The largest absolute Gasteiger partial charge is 0.444 e. The number of nitrogens with zero attached hydrogens (tertiary/aromatic N) is 2. The summed E-state index contributed by atoms with van der Waals surface area (Å²) in [5, 5.41) is 0.540. The van der Waals surface area contributed by atoms with Crippen molar-refractivity contribution in [3.63, 3.8) is 0 Å². The molecule has 0 bridgehead atoms. The van der Waals surface area contributed by atoms with Crippen molar-refractivity contribution in [1.82, 2.24) is 9.96 Å². The first kappa shape index (κ1) is 19.4. The Hall–Kier alpha value is -2.90. The van der Waals surface area contributed by atoms with Crippen LogP contribution in [-0.2, 0) is 14.4 Å². The third-order valence-electron chi connectivity index (χ3n) is 5.73. The van der Waals surface area contributed by atoms with Crippen LogP contribution in [-0.4, -0.2) is 51.5 Å². The molecule has 1 aliphatic carbocycles. The number of fused-ring (bicyclic) bond motifs is 1. The van der Waals surface area contributed by atoms with Gasteiger partial charge in [-0.15, -0.1) is 0 Å². The molecule has 154 valence electrons. The van der Waals surface area contributed by atoms with Crippen molar-refractivity contribution in [2.45, 2.75) is 57.6 Å². The summed E-state index contributed by atoms with van der Waals surface area (Å²) >= 11 is 0. The van der Waals surface area contributed by atoms with E-state index in [4.69, 9.17) is 9.57 Å². The summed E-state index contributed by atoms with van der Waals surface area (Å²) < 4.78 is 5.49. The zero-order chi connectivity index (χ0) is 21.0. The molecule has 1 aromatic carbocycles. The second-order valence-corrected chi connectivity index (χ2v) is 8.93. The Morgan fingerprint density at radius 1 is 1.07 bits per heavy atom. The quantitative estimate of drug-likeness (QED) is 0.709. The van der Waals surface area contributed by atoms with Gasteiger partial charge in [0.05, 0.1) is 17.0 Å². The Balaban J connectivity index is 1.39. The molecule has 0 aromatic heterocycles. The van der Waals surface area contributed by atoms with Crippen LogP contribution < -0.4 is 0 Å². The van der Waals surface area contributed by atoms with Crippen molar-refractivity contribution >= 4 is 23.9 Å². The number of rotatable bonds is 2. The van der Waals surface area contributed by atoms with Crippen LogP contribution in [0, 0.1) is 5.92 Å². The van der Waals surface area contributed by atoms with Crippen molar-refractivity contribution < 1.29 is 28.8 Å². The SMILES string of the molecule is CC(C)(C)OC(=O)N1CCCC12CC(C(=O)ON1C(=O)c3ccccc3C1=O)C2. The molecule has 2 heterocycles. The van der Waals surface area contributed by atoms with E-state index in [1.54, 1.807) is 17.0 Å². The van der Waals surface area contributed by atoms with Crippen molar-refractivity contribution in [2.75, 3.05) is 6.54 Å². The standard InChI is InChI=1S/C21H24N2O6/c1-20(2,3)28-19(27)22-10-6-9-21(22)11-13(12-21)18(26)29-23-16(24)14-7-4-5-8-15(14)17(23)25/h4-5,7-8,13H,6,9-12H2,1-3H3. The van der Waals surface area contributed by atoms with Gasteiger partial charge in [-0.3, -0.25) is 9.59 Å². The highest BCUT2D eigenvalue weighted by molar-refractivity contribution is 6.20. The molecule has 1 saturated carbocycles. The van der Waals surface area contributed by atoms with Gasteiger partial charge in [0.1, 0.15) is 5.60 Å². The molecule has 1 spiro atoms. The number of carbonyl (C=O) groups excluding carboxylic acids is 4. The van der Waals surface area contributed by atoms with E-state index in [0.717, 1.165) is 12.8 Å². The van der Waals surface area contributed by atoms with Gasteiger partial charge in [0, 0.05) is 12.1 Å². The van der Waals surface area contributed by atoms with E-state index in [2.05, 4.69) is 0 Å². The lowest BCUT2D eigenvalue weighted by molar-refractivity contribution is -0.181. The molecule has 8 heteroatoms. The van der Waals surface area contributed by atoms with Crippen molar-refractivity contribution in [3.8, 4) is 0 Å². The molecule has 0 radical (unpaired) electrons. The van der Waals surface area contributed by atoms with Crippen molar-refractivity contribution in [2.24, 2.45) is 5.92 Å². The number of carbonyl (C=O) groups is 4. The minimum absolute atomic E-state index is 0.224. The summed E-state index contributed by atoms with van der Waals surface area (Å²) in [7, 11) is 0. The molecule has 4 rings (SSSR count). The third-order valence-corrected chi connectivity index (χ3v) is 5.73. The van der Waals surface area contributed by atoms with E-state index in [0.29, 0.717) is 24.4 Å². The summed E-state index contributed by atoms with van der Waals surface area (Å²) in [6.07, 6.45) is 2.15. The Morgan fingerprint density at radius 2 is 1.66 bits per heavy atom. The van der Waals surface area contributed by atoms with E-state index >= 15 is 0 Å². The molecule has 1 aromatic rings. The number of hydrogen-bond donors (Lipinski definition) is 0. The van der Waals surface area contributed by atoms with Gasteiger partial charge in [-0.25, -0.2) is 9.59 Å². The molecule has 0 unspecified atom stereocenters. The van der Waals surface area contributed by atoms with Gasteiger partial charge < -0.3 is 14.5 Å². The monoisotopic (exact) mass is 400 g/mol. The summed E-state index contributed by atoms with van der Waals surface area (Å²) in [4.78, 5) is 56.7. The maximum Gasteiger partial charge on any atom is 0.410 e. The van der Waals surface area contributed by atoms with Crippen LogP contribution in [0.15, 0.2) is 24.3 Å². The van der Waals surface area contributed by atoms with Crippen molar-refractivity contribution in [1.29, 1.82) is 0 Å². The molecule has 2 aliphatic heterocycles. The molecular formula is C21H24N2O6. The van der Waals surface area contributed by atoms with Crippen LogP contribution in [0.4, 0.5) is 4.79 Å². The van der Waals surface area contributed by atoms with Gasteiger partial charge in [-0.05, 0) is 58.6 Å². The number of benzene rings is 1.